The molecule has 1 aromatic rings. The van der Waals surface area contributed by atoms with Gasteiger partial charge in [0.25, 0.3) is 0 Å². The van der Waals surface area contributed by atoms with Crippen molar-refractivity contribution in [3.05, 3.63) is 35.9 Å². The van der Waals surface area contributed by atoms with Crippen molar-refractivity contribution >= 4 is 11.8 Å². The van der Waals surface area contributed by atoms with Crippen LogP contribution in [0.25, 0.3) is 0 Å². The summed E-state index contributed by atoms with van der Waals surface area (Å²) in [5.41, 5.74) is -0.711. The predicted molar refractivity (Wildman–Crippen MR) is 68.6 cm³/mol. The molecule has 2 rings (SSSR count). The number of esters is 1. The lowest BCUT2D eigenvalue weighted by molar-refractivity contribution is -0.180. The lowest BCUT2D eigenvalue weighted by Crippen LogP contribution is -2.54. The van der Waals surface area contributed by atoms with Gasteiger partial charge in [-0.05, 0) is 25.3 Å². The van der Waals surface area contributed by atoms with Crippen LogP contribution >= 0.6 is 0 Å². The molecule has 0 aliphatic heterocycles. The third kappa shape index (κ3) is 2.21. The number of hydrogen-bond acceptors (Lipinski definition) is 3. The molecule has 1 aromatic carbocycles. The molecule has 20 heavy (non-hydrogen) atoms. The minimum absolute atomic E-state index is 0.181. The molecule has 1 fully saturated rings. The van der Waals surface area contributed by atoms with E-state index in [1.54, 1.807) is 30.3 Å². The van der Waals surface area contributed by atoms with E-state index in [1.807, 2.05) is 0 Å². The molecule has 0 bridgehead atoms. The fourth-order valence-electron chi connectivity index (χ4n) is 2.55. The van der Waals surface area contributed by atoms with Gasteiger partial charge in [0.05, 0.1) is 12.0 Å². The molecule has 0 saturated heterocycles. The Hall–Kier alpha value is -1.78. The number of ether oxygens (including phenoxy) is 1. The number of hydrogen-bond donors (Lipinski definition) is 0. The third-order valence-electron chi connectivity index (χ3n) is 3.79. The van der Waals surface area contributed by atoms with Gasteiger partial charge in [-0.15, -0.1) is 0 Å². The SMILES string of the molecule is CCOC(=O)C(F)(F)C(=O)C1(c2ccccc2)CCC1. The van der Waals surface area contributed by atoms with Crippen LogP contribution in [-0.4, -0.2) is 24.3 Å². The van der Waals surface area contributed by atoms with Crippen molar-refractivity contribution in [3.8, 4) is 0 Å². The first-order valence-electron chi connectivity index (χ1n) is 6.60. The Kier molecular flexibility index (Phi) is 3.88. The highest BCUT2D eigenvalue weighted by molar-refractivity contribution is 6.10. The molecule has 0 N–H and O–H groups in total. The van der Waals surface area contributed by atoms with Crippen molar-refractivity contribution in [1.29, 1.82) is 0 Å². The average Bonchev–Trinajstić information content (AvgIpc) is 2.39. The van der Waals surface area contributed by atoms with Crippen LogP contribution in [-0.2, 0) is 19.7 Å². The molecule has 0 heterocycles. The largest absolute Gasteiger partial charge is 0.461 e. The normalized spacial score (nSPS) is 17.1. The van der Waals surface area contributed by atoms with E-state index in [4.69, 9.17) is 0 Å². The number of carbonyl (C=O) groups excluding carboxylic acids is 2. The predicted octanol–water partition coefficient (Wildman–Crippen LogP) is 2.88. The van der Waals surface area contributed by atoms with Crippen LogP contribution < -0.4 is 0 Å². The summed E-state index contributed by atoms with van der Waals surface area (Å²) in [5, 5.41) is 0. The van der Waals surface area contributed by atoms with E-state index in [9.17, 15) is 18.4 Å². The van der Waals surface area contributed by atoms with E-state index < -0.39 is 23.1 Å². The molecular weight excluding hydrogens is 266 g/mol. The zero-order valence-electron chi connectivity index (χ0n) is 11.2. The van der Waals surface area contributed by atoms with Gasteiger partial charge in [-0.2, -0.15) is 8.78 Å². The van der Waals surface area contributed by atoms with Crippen LogP contribution in [0.5, 0.6) is 0 Å². The molecule has 5 heteroatoms. The topological polar surface area (TPSA) is 43.4 Å². The van der Waals surface area contributed by atoms with E-state index in [-0.39, 0.29) is 6.61 Å². The van der Waals surface area contributed by atoms with E-state index in [1.165, 1.54) is 6.92 Å². The number of halogens is 2. The highest BCUT2D eigenvalue weighted by Crippen LogP contribution is 2.47. The molecule has 1 aliphatic rings. The van der Waals surface area contributed by atoms with Crippen LogP contribution in [0, 0.1) is 0 Å². The first-order chi connectivity index (χ1) is 9.45. The smallest absolute Gasteiger partial charge is 0.400 e. The Morgan fingerprint density at radius 1 is 1.25 bits per heavy atom. The van der Waals surface area contributed by atoms with Crippen molar-refractivity contribution in [2.24, 2.45) is 0 Å². The van der Waals surface area contributed by atoms with Gasteiger partial charge in [0.1, 0.15) is 0 Å². The van der Waals surface area contributed by atoms with Crippen molar-refractivity contribution in [2.45, 2.75) is 37.5 Å². The molecule has 0 atom stereocenters. The second-order valence-corrected chi connectivity index (χ2v) is 4.93. The molecular formula is C15H16F2O3. The number of alkyl halides is 2. The first-order valence-corrected chi connectivity index (χ1v) is 6.60. The van der Waals surface area contributed by atoms with Gasteiger partial charge in [0, 0.05) is 0 Å². The molecule has 0 amide bonds. The Balaban J connectivity index is 2.33. The Morgan fingerprint density at radius 2 is 1.85 bits per heavy atom. The lowest BCUT2D eigenvalue weighted by atomic mass is 9.60. The van der Waals surface area contributed by atoms with Crippen molar-refractivity contribution < 1.29 is 23.1 Å². The second kappa shape index (κ2) is 5.31. The number of ketones is 1. The summed E-state index contributed by atoms with van der Waals surface area (Å²) in [5.74, 6) is -7.19. The quantitative estimate of drug-likeness (QED) is 0.616. The van der Waals surface area contributed by atoms with Gasteiger partial charge in [0.15, 0.2) is 0 Å². The van der Waals surface area contributed by atoms with E-state index in [0.29, 0.717) is 24.8 Å². The van der Waals surface area contributed by atoms with Gasteiger partial charge >= 0.3 is 11.9 Å². The summed E-state index contributed by atoms with van der Waals surface area (Å²) >= 11 is 0. The Morgan fingerprint density at radius 3 is 2.30 bits per heavy atom. The first kappa shape index (κ1) is 14.6. The molecule has 0 unspecified atom stereocenters. The van der Waals surface area contributed by atoms with Crippen molar-refractivity contribution in [3.63, 3.8) is 0 Å². The Labute approximate surface area is 115 Å². The molecule has 3 nitrogen and oxygen atoms in total. The van der Waals surface area contributed by atoms with Crippen molar-refractivity contribution in [2.75, 3.05) is 6.61 Å². The van der Waals surface area contributed by atoms with Gasteiger partial charge < -0.3 is 4.74 Å². The summed E-state index contributed by atoms with van der Waals surface area (Å²) in [7, 11) is 0. The molecule has 0 spiro atoms. The zero-order valence-corrected chi connectivity index (χ0v) is 11.2. The minimum atomic E-state index is -4.09. The highest BCUT2D eigenvalue weighted by Gasteiger charge is 2.60. The maximum atomic E-state index is 14.0. The van der Waals surface area contributed by atoms with Crippen LogP contribution in [0.1, 0.15) is 31.7 Å². The standard InChI is InChI=1S/C15H16F2O3/c1-2-20-13(19)15(16,17)12(18)14(9-6-10-14)11-7-4-3-5-8-11/h3-5,7-8H,2,6,9-10H2,1H3. The molecule has 0 aromatic heterocycles. The number of rotatable bonds is 5. The monoisotopic (exact) mass is 282 g/mol. The van der Waals surface area contributed by atoms with Gasteiger partial charge in [-0.3, -0.25) is 4.79 Å². The molecule has 0 radical (unpaired) electrons. The molecule has 1 saturated carbocycles. The van der Waals surface area contributed by atoms with E-state index in [0.717, 1.165) is 0 Å². The van der Waals surface area contributed by atoms with Gasteiger partial charge in [0.2, 0.25) is 5.78 Å². The van der Waals surface area contributed by atoms with E-state index in [2.05, 4.69) is 4.74 Å². The number of benzene rings is 1. The molecule has 1 aliphatic carbocycles. The van der Waals surface area contributed by atoms with Crippen molar-refractivity contribution in [1.82, 2.24) is 0 Å². The lowest BCUT2D eigenvalue weighted by Gasteiger charge is -2.42. The summed E-state index contributed by atoms with van der Waals surface area (Å²) in [6, 6.07) is 8.46. The highest BCUT2D eigenvalue weighted by atomic mass is 19.3. The summed E-state index contributed by atoms with van der Waals surface area (Å²) < 4.78 is 32.3. The van der Waals surface area contributed by atoms with Crippen LogP contribution in [0.4, 0.5) is 8.78 Å². The molecule has 108 valence electrons. The van der Waals surface area contributed by atoms with Crippen LogP contribution in [0.15, 0.2) is 30.3 Å². The zero-order chi connectivity index (χ0) is 14.8. The maximum absolute atomic E-state index is 14.0. The maximum Gasteiger partial charge on any atom is 0.400 e. The van der Waals surface area contributed by atoms with E-state index >= 15 is 0 Å². The number of carbonyl (C=O) groups is 2. The average molecular weight is 282 g/mol. The second-order valence-electron chi connectivity index (χ2n) is 4.93. The van der Waals surface area contributed by atoms with Gasteiger partial charge in [-0.25, -0.2) is 4.79 Å². The third-order valence-corrected chi connectivity index (χ3v) is 3.79. The van der Waals surface area contributed by atoms with Crippen LogP contribution in [0.3, 0.4) is 0 Å². The number of Topliss-reactive ketones (excluding diaryl/α,β-unsaturated/α-hetero) is 1. The summed E-state index contributed by atoms with van der Waals surface area (Å²) in [6.45, 7) is 1.24. The Bertz CT molecular complexity index is 507. The fourth-order valence-corrected chi connectivity index (χ4v) is 2.55. The fraction of sp³-hybridized carbons (Fsp3) is 0.467. The van der Waals surface area contributed by atoms with Crippen LogP contribution in [0.2, 0.25) is 0 Å². The minimum Gasteiger partial charge on any atom is -0.461 e. The summed E-state index contributed by atoms with van der Waals surface area (Å²) in [4.78, 5) is 23.6. The summed E-state index contributed by atoms with van der Waals surface area (Å²) in [6.07, 6.45) is 1.37. The van der Waals surface area contributed by atoms with Gasteiger partial charge in [-0.1, -0.05) is 36.8 Å².